The van der Waals surface area contributed by atoms with Gasteiger partial charge in [-0.1, -0.05) is 11.6 Å². The Hall–Kier alpha value is -2.71. The molecule has 0 aliphatic heterocycles. The van der Waals surface area contributed by atoms with Gasteiger partial charge in [-0.2, -0.15) is 0 Å². The maximum Gasteiger partial charge on any atom is 0.260 e. The van der Waals surface area contributed by atoms with Gasteiger partial charge < -0.3 is 14.7 Å². The molecule has 4 aromatic rings. The third-order valence-corrected chi connectivity index (χ3v) is 5.05. The summed E-state index contributed by atoms with van der Waals surface area (Å²) in [5, 5.41) is 5.31. The SMILES string of the molecule is CC(C)(NC(=O)c1csc2nc[nH]c(=O)c12)c1nc2cc(Cl)ccc2o1. The van der Waals surface area contributed by atoms with Crippen molar-refractivity contribution >= 4 is 50.2 Å². The number of rotatable bonds is 3. The lowest BCUT2D eigenvalue weighted by atomic mass is 10.0. The van der Waals surface area contributed by atoms with Gasteiger partial charge in [0.2, 0.25) is 5.89 Å². The maximum atomic E-state index is 12.8. The van der Waals surface area contributed by atoms with Crippen molar-refractivity contribution in [3.63, 3.8) is 0 Å². The van der Waals surface area contributed by atoms with Gasteiger partial charge in [0.1, 0.15) is 15.9 Å². The molecule has 2 N–H and O–H groups in total. The molecule has 1 aromatic carbocycles. The third kappa shape index (κ3) is 2.77. The average Bonchev–Trinajstić information content (AvgIpc) is 3.19. The van der Waals surface area contributed by atoms with Gasteiger partial charge in [0.15, 0.2) is 5.58 Å². The number of nitrogens with zero attached hydrogens (tertiary/aromatic N) is 2. The molecule has 0 saturated heterocycles. The molecule has 0 unspecified atom stereocenters. The largest absolute Gasteiger partial charge is 0.438 e. The number of aromatic nitrogens is 3. The van der Waals surface area contributed by atoms with Gasteiger partial charge in [-0.3, -0.25) is 9.59 Å². The van der Waals surface area contributed by atoms with Crippen molar-refractivity contribution in [1.29, 1.82) is 0 Å². The Bertz CT molecular complexity index is 1210. The Morgan fingerprint density at radius 2 is 2.19 bits per heavy atom. The molecular formula is C17H13ClN4O3S. The van der Waals surface area contributed by atoms with Crippen LogP contribution in [-0.4, -0.2) is 20.9 Å². The minimum Gasteiger partial charge on any atom is -0.438 e. The van der Waals surface area contributed by atoms with Crippen LogP contribution in [0.25, 0.3) is 21.3 Å². The Balaban J connectivity index is 1.69. The number of aromatic amines is 1. The molecule has 0 aliphatic carbocycles. The fourth-order valence-corrected chi connectivity index (χ4v) is 3.68. The summed E-state index contributed by atoms with van der Waals surface area (Å²) in [6, 6.07) is 5.13. The molecule has 26 heavy (non-hydrogen) atoms. The minimum atomic E-state index is -0.897. The summed E-state index contributed by atoms with van der Waals surface area (Å²) in [4.78, 5) is 36.3. The number of hydrogen-bond donors (Lipinski definition) is 2. The van der Waals surface area contributed by atoms with E-state index in [4.69, 9.17) is 16.0 Å². The first-order valence-corrected chi connectivity index (χ1v) is 8.95. The summed E-state index contributed by atoms with van der Waals surface area (Å²) in [5.41, 5.74) is 0.207. The van der Waals surface area contributed by atoms with Gasteiger partial charge >= 0.3 is 0 Å². The highest BCUT2D eigenvalue weighted by Crippen LogP contribution is 2.27. The van der Waals surface area contributed by atoms with E-state index in [9.17, 15) is 9.59 Å². The number of halogens is 1. The number of fused-ring (bicyclic) bond motifs is 2. The number of oxazole rings is 1. The van der Waals surface area contributed by atoms with Crippen LogP contribution in [0.15, 0.2) is 39.1 Å². The average molecular weight is 389 g/mol. The van der Waals surface area contributed by atoms with Crippen LogP contribution in [0.4, 0.5) is 0 Å². The summed E-state index contributed by atoms with van der Waals surface area (Å²) in [5.74, 6) is -0.0604. The number of amides is 1. The lowest BCUT2D eigenvalue weighted by Crippen LogP contribution is -2.41. The van der Waals surface area contributed by atoms with Crippen molar-refractivity contribution < 1.29 is 9.21 Å². The predicted octanol–water partition coefficient (Wildman–Crippen LogP) is 3.44. The highest BCUT2D eigenvalue weighted by atomic mass is 35.5. The molecule has 0 atom stereocenters. The lowest BCUT2D eigenvalue weighted by molar-refractivity contribution is 0.0902. The normalized spacial score (nSPS) is 12.0. The van der Waals surface area contributed by atoms with E-state index in [1.165, 1.54) is 17.7 Å². The van der Waals surface area contributed by atoms with E-state index in [0.717, 1.165) is 0 Å². The number of H-pyrrole nitrogens is 1. The van der Waals surface area contributed by atoms with Gasteiger partial charge in [0, 0.05) is 10.4 Å². The Labute approximate surface area is 156 Å². The molecule has 0 aliphatic rings. The van der Waals surface area contributed by atoms with Crippen LogP contribution < -0.4 is 10.9 Å². The zero-order chi connectivity index (χ0) is 18.5. The van der Waals surface area contributed by atoms with E-state index in [1.54, 1.807) is 37.4 Å². The van der Waals surface area contributed by atoms with Crippen molar-refractivity contribution in [3.05, 3.63) is 56.7 Å². The number of carbonyl (C=O) groups excluding carboxylic acids is 1. The van der Waals surface area contributed by atoms with Crippen LogP contribution in [0.1, 0.15) is 30.1 Å². The topological polar surface area (TPSA) is 101 Å². The monoisotopic (exact) mass is 388 g/mol. The molecule has 9 heteroatoms. The second kappa shape index (κ2) is 5.93. The van der Waals surface area contributed by atoms with Crippen molar-refractivity contribution in [1.82, 2.24) is 20.3 Å². The van der Waals surface area contributed by atoms with Gasteiger partial charge in [-0.05, 0) is 32.0 Å². The molecule has 3 heterocycles. The first kappa shape index (κ1) is 16.7. The van der Waals surface area contributed by atoms with Crippen LogP contribution in [0.5, 0.6) is 0 Å². The second-order valence-electron chi connectivity index (χ2n) is 6.27. The lowest BCUT2D eigenvalue weighted by Gasteiger charge is -2.22. The van der Waals surface area contributed by atoms with E-state index in [2.05, 4.69) is 20.3 Å². The standard InChI is InChI=1S/C17H13ClN4O3S/c1-17(2,16-21-10-5-8(18)3-4-11(10)25-16)22-13(23)9-6-26-15-12(9)14(24)19-7-20-15/h3-7H,1-2H3,(H,22,23)(H,19,20,24). The summed E-state index contributed by atoms with van der Waals surface area (Å²) >= 11 is 7.21. The van der Waals surface area contributed by atoms with Crippen molar-refractivity contribution in [2.24, 2.45) is 0 Å². The zero-order valence-corrected chi connectivity index (χ0v) is 15.4. The van der Waals surface area contributed by atoms with E-state index in [1.807, 2.05) is 0 Å². The van der Waals surface area contributed by atoms with Crippen LogP contribution in [0.3, 0.4) is 0 Å². The van der Waals surface area contributed by atoms with Gasteiger partial charge in [-0.25, -0.2) is 9.97 Å². The van der Waals surface area contributed by atoms with E-state index in [0.29, 0.717) is 26.8 Å². The molecule has 0 spiro atoms. The first-order valence-electron chi connectivity index (χ1n) is 7.69. The fourth-order valence-electron chi connectivity index (χ4n) is 2.62. The molecule has 4 rings (SSSR count). The number of thiophene rings is 1. The smallest absolute Gasteiger partial charge is 0.260 e. The quantitative estimate of drug-likeness (QED) is 0.559. The molecular weight excluding hydrogens is 376 g/mol. The van der Waals surface area contributed by atoms with Gasteiger partial charge in [0.25, 0.3) is 11.5 Å². The first-order chi connectivity index (χ1) is 12.3. The third-order valence-electron chi connectivity index (χ3n) is 3.93. The summed E-state index contributed by atoms with van der Waals surface area (Å²) in [7, 11) is 0. The Kier molecular flexibility index (Phi) is 3.82. The van der Waals surface area contributed by atoms with Crippen LogP contribution in [-0.2, 0) is 5.54 Å². The minimum absolute atomic E-state index is 0.270. The summed E-state index contributed by atoms with van der Waals surface area (Å²) < 4.78 is 5.76. The maximum absolute atomic E-state index is 12.8. The number of carbonyl (C=O) groups is 1. The van der Waals surface area contributed by atoms with Crippen molar-refractivity contribution in [2.75, 3.05) is 0 Å². The summed E-state index contributed by atoms with van der Waals surface area (Å²) in [6.07, 6.45) is 1.32. The molecule has 132 valence electrons. The molecule has 0 fully saturated rings. The molecule has 7 nitrogen and oxygen atoms in total. The Morgan fingerprint density at radius 3 is 3.00 bits per heavy atom. The zero-order valence-electron chi connectivity index (χ0n) is 13.8. The number of benzene rings is 1. The van der Waals surface area contributed by atoms with Crippen molar-refractivity contribution in [3.8, 4) is 0 Å². The van der Waals surface area contributed by atoms with E-state index < -0.39 is 11.4 Å². The molecule has 0 radical (unpaired) electrons. The van der Waals surface area contributed by atoms with E-state index in [-0.39, 0.29) is 16.5 Å². The van der Waals surface area contributed by atoms with Gasteiger partial charge in [-0.15, -0.1) is 11.3 Å². The molecule has 0 bridgehead atoms. The van der Waals surface area contributed by atoms with Gasteiger partial charge in [0.05, 0.1) is 17.3 Å². The molecule has 0 saturated carbocycles. The van der Waals surface area contributed by atoms with Crippen LogP contribution in [0, 0.1) is 0 Å². The van der Waals surface area contributed by atoms with Crippen molar-refractivity contribution in [2.45, 2.75) is 19.4 Å². The highest BCUT2D eigenvalue weighted by Gasteiger charge is 2.30. The van der Waals surface area contributed by atoms with Crippen LogP contribution in [0.2, 0.25) is 5.02 Å². The molecule has 1 amide bonds. The van der Waals surface area contributed by atoms with Crippen LogP contribution >= 0.6 is 22.9 Å². The summed E-state index contributed by atoms with van der Waals surface area (Å²) in [6.45, 7) is 3.54. The number of hydrogen-bond acceptors (Lipinski definition) is 6. The number of nitrogens with one attached hydrogen (secondary N) is 2. The van der Waals surface area contributed by atoms with E-state index >= 15 is 0 Å². The highest BCUT2D eigenvalue weighted by molar-refractivity contribution is 7.17. The molecule has 3 aromatic heterocycles. The second-order valence-corrected chi connectivity index (χ2v) is 7.57. The Morgan fingerprint density at radius 1 is 1.38 bits per heavy atom. The predicted molar refractivity (Wildman–Crippen MR) is 99.8 cm³/mol. The fraction of sp³-hybridized carbons (Fsp3) is 0.176.